The van der Waals surface area contributed by atoms with Crippen molar-refractivity contribution in [1.82, 2.24) is 4.31 Å². The van der Waals surface area contributed by atoms with Crippen molar-refractivity contribution >= 4 is 38.1 Å². The number of morpholine rings is 1. The Bertz CT molecular complexity index is 1180. The minimum Gasteiger partial charge on any atom is -0.462 e. The standard InChI is InChI=1S/C24H30N2O6S2/c1-4-31-24(28)22-19-9-6-10-21(19)33-23(22)25-12-20(27)17-7-5-8-18(11-17)34(29,30)26-13-15(2)32-16(3)14-26/h5,7-8,11,15-16,25H,4,6,9-10,12-14H2,1-3H3. The number of rotatable bonds is 8. The van der Waals surface area contributed by atoms with Crippen molar-refractivity contribution in [2.45, 2.75) is 57.1 Å². The zero-order valence-corrected chi connectivity index (χ0v) is 21.3. The SMILES string of the molecule is CCOC(=O)c1c(NCC(=O)c2cccc(S(=O)(=O)N3CC(C)OC(C)C3)c2)sc2c1CCC2. The van der Waals surface area contributed by atoms with Crippen LogP contribution < -0.4 is 5.32 Å². The van der Waals surface area contributed by atoms with E-state index in [0.29, 0.717) is 16.1 Å². The van der Waals surface area contributed by atoms with E-state index in [9.17, 15) is 18.0 Å². The second kappa shape index (κ2) is 10.2. The van der Waals surface area contributed by atoms with Gasteiger partial charge in [0.25, 0.3) is 0 Å². The topological polar surface area (TPSA) is 102 Å². The van der Waals surface area contributed by atoms with E-state index in [1.54, 1.807) is 19.1 Å². The number of sulfonamides is 1. The summed E-state index contributed by atoms with van der Waals surface area (Å²) >= 11 is 1.49. The molecule has 2 heterocycles. The fourth-order valence-corrected chi connectivity index (χ4v) is 7.43. The molecule has 8 nitrogen and oxygen atoms in total. The van der Waals surface area contributed by atoms with Crippen molar-refractivity contribution in [3.8, 4) is 0 Å². The Labute approximate surface area is 204 Å². The van der Waals surface area contributed by atoms with Crippen LogP contribution in [-0.2, 0) is 32.3 Å². The van der Waals surface area contributed by atoms with Gasteiger partial charge in [0.1, 0.15) is 5.00 Å². The first-order valence-electron chi connectivity index (χ1n) is 11.5. The summed E-state index contributed by atoms with van der Waals surface area (Å²) in [6, 6.07) is 6.11. The average Bonchev–Trinajstić information content (AvgIpc) is 3.38. The molecule has 10 heteroatoms. The molecule has 0 radical (unpaired) electrons. The van der Waals surface area contributed by atoms with E-state index in [1.165, 1.54) is 27.8 Å². The van der Waals surface area contributed by atoms with Gasteiger partial charge in [-0.25, -0.2) is 13.2 Å². The third-order valence-electron chi connectivity index (χ3n) is 5.99. The highest BCUT2D eigenvalue weighted by molar-refractivity contribution is 7.89. The lowest BCUT2D eigenvalue weighted by molar-refractivity contribution is -0.0440. The molecule has 1 saturated heterocycles. The Kier molecular flexibility index (Phi) is 7.42. The molecule has 1 aliphatic carbocycles. The lowest BCUT2D eigenvalue weighted by Gasteiger charge is -2.34. The lowest BCUT2D eigenvalue weighted by atomic mass is 10.1. The van der Waals surface area contributed by atoms with Gasteiger partial charge in [0, 0.05) is 23.5 Å². The number of ether oxygens (including phenoxy) is 2. The van der Waals surface area contributed by atoms with Crippen LogP contribution in [0, 0.1) is 0 Å². The smallest absolute Gasteiger partial charge is 0.341 e. The number of anilines is 1. The molecule has 1 aromatic heterocycles. The first kappa shape index (κ1) is 24.8. The number of ketones is 1. The highest BCUT2D eigenvalue weighted by Gasteiger charge is 2.32. The molecule has 2 atom stereocenters. The molecule has 184 valence electrons. The summed E-state index contributed by atoms with van der Waals surface area (Å²) in [5.74, 6) is -0.636. The molecule has 4 rings (SSSR count). The van der Waals surface area contributed by atoms with Crippen molar-refractivity contribution < 1.29 is 27.5 Å². The van der Waals surface area contributed by atoms with Crippen LogP contribution in [0.5, 0.6) is 0 Å². The number of hydrogen-bond donors (Lipinski definition) is 1. The van der Waals surface area contributed by atoms with E-state index in [4.69, 9.17) is 9.47 Å². The third kappa shape index (κ3) is 5.05. The molecule has 1 N–H and O–H groups in total. The van der Waals surface area contributed by atoms with Crippen LogP contribution >= 0.6 is 11.3 Å². The summed E-state index contributed by atoms with van der Waals surface area (Å²) in [4.78, 5) is 26.7. The first-order valence-corrected chi connectivity index (χ1v) is 13.8. The molecule has 2 aromatic rings. The largest absolute Gasteiger partial charge is 0.462 e. The van der Waals surface area contributed by atoms with Gasteiger partial charge in [0.2, 0.25) is 10.0 Å². The van der Waals surface area contributed by atoms with E-state index < -0.39 is 10.0 Å². The van der Waals surface area contributed by atoms with Crippen LogP contribution in [0.1, 0.15) is 58.3 Å². The first-order chi connectivity index (χ1) is 16.2. The van der Waals surface area contributed by atoms with Crippen LogP contribution in [0.4, 0.5) is 5.00 Å². The molecule has 2 aliphatic rings. The second-order valence-electron chi connectivity index (χ2n) is 8.67. The van der Waals surface area contributed by atoms with Gasteiger partial charge in [-0.1, -0.05) is 12.1 Å². The highest BCUT2D eigenvalue weighted by Crippen LogP contribution is 2.39. The number of aryl methyl sites for hydroxylation is 1. The van der Waals surface area contributed by atoms with Crippen molar-refractivity contribution in [3.05, 3.63) is 45.8 Å². The van der Waals surface area contributed by atoms with E-state index in [-0.39, 0.29) is 55.1 Å². The molecule has 1 aliphatic heterocycles. The summed E-state index contributed by atoms with van der Waals surface area (Å²) in [5, 5.41) is 3.74. The zero-order valence-electron chi connectivity index (χ0n) is 19.6. The van der Waals surface area contributed by atoms with Crippen LogP contribution in [0.3, 0.4) is 0 Å². The Morgan fingerprint density at radius 2 is 1.94 bits per heavy atom. The summed E-state index contributed by atoms with van der Waals surface area (Å²) in [7, 11) is -3.75. The molecule has 0 spiro atoms. The van der Waals surface area contributed by atoms with Crippen LogP contribution in [0.25, 0.3) is 0 Å². The molecule has 0 saturated carbocycles. The third-order valence-corrected chi connectivity index (χ3v) is 9.07. The fourth-order valence-electron chi connectivity index (χ4n) is 4.52. The number of carbonyl (C=O) groups is 2. The predicted octanol–water partition coefficient (Wildman–Crippen LogP) is 3.51. The summed E-state index contributed by atoms with van der Waals surface area (Å²) < 4.78 is 38.7. The van der Waals surface area contributed by atoms with Gasteiger partial charge in [-0.15, -0.1) is 11.3 Å². The predicted molar refractivity (Wildman–Crippen MR) is 130 cm³/mol. The lowest BCUT2D eigenvalue weighted by Crippen LogP contribution is -2.48. The fraction of sp³-hybridized carbons (Fsp3) is 0.500. The summed E-state index contributed by atoms with van der Waals surface area (Å²) in [5.41, 5.74) is 1.84. The van der Waals surface area contributed by atoms with Crippen LogP contribution in [-0.4, -0.2) is 62.9 Å². The number of fused-ring (bicyclic) bond motifs is 1. The van der Waals surface area contributed by atoms with Crippen molar-refractivity contribution in [3.63, 3.8) is 0 Å². The van der Waals surface area contributed by atoms with E-state index in [0.717, 1.165) is 29.7 Å². The number of benzene rings is 1. The minimum absolute atomic E-state index is 0.0546. The zero-order chi connectivity index (χ0) is 24.5. The number of esters is 1. The van der Waals surface area contributed by atoms with Crippen LogP contribution in [0.15, 0.2) is 29.2 Å². The van der Waals surface area contributed by atoms with Gasteiger partial charge in [0.05, 0.1) is 35.8 Å². The highest BCUT2D eigenvalue weighted by atomic mass is 32.2. The molecule has 0 bridgehead atoms. The number of hydrogen-bond acceptors (Lipinski definition) is 8. The Morgan fingerprint density at radius 1 is 1.21 bits per heavy atom. The number of thiophene rings is 1. The van der Waals surface area contributed by atoms with E-state index in [2.05, 4.69) is 5.32 Å². The quantitative estimate of drug-likeness (QED) is 0.432. The maximum atomic E-state index is 13.2. The summed E-state index contributed by atoms with van der Waals surface area (Å²) in [6.07, 6.45) is 2.35. The average molecular weight is 507 g/mol. The van der Waals surface area contributed by atoms with E-state index >= 15 is 0 Å². The normalized spacial score (nSPS) is 20.7. The monoisotopic (exact) mass is 506 g/mol. The van der Waals surface area contributed by atoms with Gasteiger partial charge in [0.15, 0.2) is 5.78 Å². The van der Waals surface area contributed by atoms with Crippen LogP contribution in [0.2, 0.25) is 0 Å². The van der Waals surface area contributed by atoms with Crippen molar-refractivity contribution in [2.24, 2.45) is 0 Å². The van der Waals surface area contributed by atoms with Gasteiger partial charge in [-0.3, -0.25) is 4.79 Å². The maximum Gasteiger partial charge on any atom is 0.341 e. The Morgan fingerprint density at radius 3 is 2.65 bits per heavy atom. The second-order valence-corrected chi connectivity index (χ2v) is 11.7. The molecule has 1 fully saturated rings. The number of Topliss-reactive ketones (excluding diaryl/α,β-unsaturated/α-hetero) is 1. The van der Waals surface area contributed by atoms with Crippen molar-refractivity contribution in [2.75, 3.05) is 31.6 Å². The van der Waals surface area contributed by atoms with Gasteiger partial charge < -0.3 is 14.8 Å². The molecule has 2 unspecified atom stereocenters. The molecular weight excluding hydrogens is 476 g/mol. The van der Waals surface area contributed by atoms with Gasteiger partial charge in [-0.2, -0.15) is 4.31 Å². The number of nitrogens with one attached hydrogen (secondary N) is 1. The van der Waals surface area contributed by atoms with Gasteiger partial charge in [-0.05, 0) is 57.7 Å². The molecule has 1 aromatic carbocycles. The number of carbonyl (C=O) groups excluding carboxylic acids is 2. The molecule has 34 heavy (non-hydrogen) atoms. The Hall–Kier alpha value is -2.27. The van der Waals surface area contributed by atoms with Gasteiger partial charge >= 0.3 is 5.97 Å². The molecule has 0 amide bonds. The minimum atomic E-state index is -3.75. The van der Waals surface area contributed by atoms with Crippen molar-refractivity contribution in [1.29, 1.82) is 0 Å². The number of nitrogens with zero attached hydrogens (tertiary/aromatic N) is 1. The molecular formula is C24H30N2O6S2. The van der Waals surface area contributed by atoms with E-state index in [1.807, 2.05) is 13.8 Å². The maximum absolute atomic E-state index is 13.2. The summed E-state index contributed by atoms with van der Waals surface area (Å²) in [6.45, 7) is 6.22. The Balaban J connectivity index is 1.50.